The van der Waals surface area contributed by atoms with Crippen LogP contribution in [0.25, 0.3) is 0 Å². The van der Waals surface area contributed by atoms with Crippen molar-refractivity contribution in [3.05, 3.63) is 23.3 Å². The molecule has 4 nitrogen and oxygen atoms in total. The van der Waals surface area contributed by atoms with E-state index in [9.17, 15) is 4.79 Å². The lowest BCUT2D eigenvalue weighted by atomic mass is 10.0. The van der Waals surface area contributed by atoms with E-state index in [-0.39, 0.29) is 6.42 Å². The zero-order valence-electron chi connectivity index (χ0n) is 10.9. The monoisotopic (exact) mass is 249 g/mol. The predicted molar refractivity (Wildman–Crippen MR) is 70.5 cm³/mol. The van der Waals surface area contributed by atoms with Crippen molar-refractivity contribution >= 4 is 11.7 Å². The number of likely N-dealkylation sites (N-methyl/N-ethyl adjacent to an activating group) is 1. The summed E-state index contributed by atoms with van der Waals surface area (Å²) in [6.45, 7) is 1.02. The lowest BCUT2D eigenvalue weighted by Crippen LogP contribution is -2.12. The summed E-state index contributed by atoms with van der Waals surface area (Å²) in [4.78, 5) is 12.8. The molecule has 18 heavy (non-hydrogen) atoms. The Morgan fingerprint density at radius 3 is 2.94 bits per heavy atom. The fourth-order valence-corrected chi connectivity index (χ4v) is 2.55. The van der Waals surface area contributed by atoms with Gasteiger partial charge >= 0.3 is 5.97 Å². The van der Waals surface area contributed by atoms with E-state index in [1.54, 1.807) is 7.11 Å². The maximum atomic E-state index is 10.5. The van der Waals surface area contributed by atoms with E-state index >= 15 is 0 Å². The van der Waals surface area contributed by atoms with Gasteiger partial charge in [0.15, 0.2) is 0 Å². The van der Waals surface area contributed by atoms with E-state index in [4.69, 9.17) is 9.84 Å². The van der Waals surface area contributed by atoms with Gasteiger partial charge in [0.25, 0.3) is 0 Å². The third-order valence-electron chi connectivity index (χ3n) is 3.47. The van der Waals surface area contributed by atoms with Crippen molar-refractivity contribution in [2.24, 2.45) is 0 Å². The van der Waals surface area contributed by atoms with Crippen molar-refractivity contribution in [3.8, 4) is 5.75 Å². The zero-order chi connectivity index (χ0) is 13.1. The number of aliphatic carboxylic acids is 1. The van der Waals surface area contributed by atoms with Crippen LogP contribution in [0.1, 0.15) is 24.0 Å². The van der Waals surface area contributed by atoms with Crippen molar-refractivity contribution in [1.29, 1.82) is 0 Å². The number of methoxy groups -OCH3 is 1. The molecule has 2 rings (SSSR count). The van der Waals surface area contributed by atoms with Crippen molar-refractivity contribution in [1.82, 2.24) is 0 Å². The van der Waals surface area contributed by atoms with E-state index in [0.717, 1.165) is 30.7 Å². The molecule has 1 aliphatic rings. The molecule has 0 bridgehead atoms. The van der Waals surface area contributed by atoms with Gasteiger partial charge in [-0.05, 0) is 30.9 Å². The molecule has 0 aliphatic carbocycles. The van der Waals surface area contributed by atoms with Gasteiger partial charge in [-0.15, -0.1) is 0 Å². The van der Waals surface area contributed by atoms with Crippen LogP contribution in [0.2, 0.25) is 0 Å². The first-order chi connectivity index (χ1) is 8.63. The summed E-state index contributed by atoms with van der Waals surface area (Å²) in [7, 11) is 3.77. The Hall–Kier alpha value is -1.71. The van der Waals surface area contributed by atoms with Crippen LogP contribution in [0.3, 0.4) is 0 Å². The van der Waals surface area contributed by atoms with Gasteiger partial charge < -0.3 is 14.7 Å². The minimum absolute atomic E-state index is 0.208. The highest BCUT2D eigenvalue weighted by molar-refractivity contribution is 5.67. The van der Waals surface area contributed by atoms with Crippen LogP contribution in [-0.4, -0.2) is 31.8 Å². The number of benzene rings is 1. The van der Waals surface area contributed by atoms with Crippen LogP contribution < -0.4 is 9.64 Å². The van der Waals surface area contributed by atoms with Crippen molar-refractivity contribution in [2.45, 2.75) is 25.7 Å². The van der Waals surface area contributed by atoms with E-state index in [1.807, 2.05) is 0 Å². The standard InChI is InChI=1S/C14H19NO3/c1-15-9-8-11-12(15)7-6-10(14(11)18-2)4-3-5-13(16)17/h6-7H,3-5,8-9H2,1-2H3,(H,16,17). The van der Waals surface area contributed by atoms with Gasteiger partial charge in [-0.2, -0.15) is 0 Å². The molecule has 0 aromatic heterocycles. The smallest absolute Gasteiger partial charge is 0.303 e. The number of carbonyl (C=O) groups is 1. The molecule has 0 saturated heterocycles. The number of hydrogen-bond acceptors (Lipinski definition) is 3. The molecule has 0 fully saturated rings. The number of anilines is 1. The van der Waals surface area contributed by atoms with Gasteiger partial charge in [-0.3, -0.25) is 4.79 Å². The molecule has 0 atom stereocenters. The lowest BCUT2D eigenvalue weighted by molar-refractivity contribution is -0.137. The zero-order valence-corrected chi connectivity index (χ0v) is 10.9. The SMILES string of the molecule is COc1c(CCCC(=O)O)ccc2c1CCN2C. The molecule has 0 unspecified atom stereocenters. The Morgan fingerprint density at radius 1 is 1.50 bits per heavy atom. The van der Waals surface area contributed by atoms with Gasteiger partial charge in [-0.1, -0.05) is 6.07 Å². The summed E-state index contributed by atoms with van der Waals surface area (Å²) in [5, 5.41) is 8.67. The van der Waals surface area contributed by atoms with Gasteiger partial charge in [0, 0.05) is 31.3 Å². The Morgan fingerprint density at radius 2 is 2.28 bits per heavy atom. The van der Waals surface area contributed by atoms with Gasteiger partial charge in [0.1, 0.15) is 5.75 Å². The third kappa shape index (κ3) is 2.42. The number of ether oxygens (including phenoxy) is 1. The number of carboxylic acids is 1. The molecule has 98 valence electrons. The summed E-state index contributed by atoms with van der Waals surface area (Å²) >= 11 is 0. The first-order valence-corrected chi connectivity index (χ1v) is 6.25. The number of rotatable bonds is 5. The molecule has 1 aromatic rings. The highest BCUT2D eigenvalue weighted by Gasteiger charge is 2.21. The molecular formula is C14H19NO3. The Balaban J connectivity index is 2.19. The molecule has 1 aromatic carbocycles. The predicted octanol–water partition coefficient (Wildman–Crippen LogP) is 2.09. The molecular weight excluding hydrogens is 230 g/mol. The molecule has 0 saturated carbocycles. The number of carboxylic acid groups (broad SMARTS) is 1. The van der Waals surface area contributed by atoms with E-state index in [0.29, 0.717) is 6.42 Å². The molecule has 1 heterocycles. The summed E-state index contributed by atoms with van der Waals surface area (Å²) in [5.74, 6) is 0.206. The van der Waals surface area contributed by atoms with Crippen LogP contribution in [0.15, 0.2) is 12.1 Å². The average molecular weight is 249 g/mol. The maximum Gasteiger partial charge on any atom is 0.303 e. The van der Waals surface area contributed by atoms with Crippen LogP contribution in [0.5, 0.6) is 5.75 Å². The van der Waals surface area contributed by atoms with Gasteiger partial charge in [0.2, 0.25) is 0 Å². The summed E-state index contributed by atoms with van der Waals surface area (Å²) in [6, 6.07) is 4.17. The Kier molecular flexibility index (Phi) is 3.75. The molecule has 1 aliphatic heterocycles. The fourth-order valence-electron chi connectivity index (χ4n) is 2.55. The van der Waals surface area contributed by atoms with Crippen LogP contribution in [0.4, 0.5) is 5.69 Å². The Labute approximate surface area is 107 Å². The van der Waals surface area contributed by atoms with Crippen molar-refractivity contribution in [3.63, 3.8) is 0 Å². The summed E-state index contributed by atoms with van der Waals surface area (Å²) in [6.07, 6.45) is 2.62. The topological polar surface area (TPSA) is 49.8 Å². The average Bonchev–Trinajstić information content (AvgIpc) is 2.70. The fraction of sp³-hybridized carbons (Fsp3) is 0.500. The van der Waals surface area contributed by atoms with Gasteiger partial charge in [-0.25, -0.2) is 0 Å². The highest BCUT2D eigenvalue weighted by atomic mass is 16.5. The molecule has 1 N–H and O–H groups in total. The van der Waals surface area contributed by atoms with E-state index < -0.39 is 5.97 Å². The normalized spacial score (nSPS) is 13.6. The van der Waals surface area contributed by atoms with Crippen molar-refractivity contribution in [2.75, 3.05) is 25.6 Å². The second-order valence-electron chi connectivity index (χ2n) is 4.67. The minimum Gasteiger partial charge on any atom is -0.496 e. The molecule has 4 heteroatoms. The number of hydrogen-bond donors (Lipinski definition) is 1. The van der Waals surface area contributed by atoms with Crippen LogP contribution >= 0.6 is 0 Å². The number of aryl methyl sites for hydroxylation is 1. The van der Waals surface area contributed by atoms with E-state index in [1.165, 1.54) is 11.3 Å². The van der Waals surface area contributed by atoms with Crippen LogP contribution in [-0.2, 0) is 17.6 Å². The van der Waals surface area contributed by atoms with Crippen molar-refractivity contribution < 1.29 is 14.6 Å². The molecule has 0 radical (unpaired) electrons. The van der Waals surface area contributed by atoms with Crippen LogP contribution in [0, 0.1) is 0 Å². The second-order valence-corrected chi connectivity index (χ2v) is 4.67. The summed E-state index contributed by atoms with van der Waals surface area (Å²) in [5.41, 5.74) is 3.61. The number of fused-ring (bicyclic) bond motifs is 1. The number of nitrogens with zero attached hydrogens (tertiary/aromatic N) is 1. The first kappa shape index (κ1) is 12.7. The first-order valence-electron chi connectivity index (χ1n) is 6.25. The maximum absolute atomic E-state index is 10.5. The molecule has 0 amide bonds. The third-order valence-corrected chi connectivity index (χ3v) is 3.47. The summed E-state index contributed by atoms with van der Waals surface area (Å²) < 4.78 is 5.52. The van der Waals surface area contributed by atoms with Gasteiger partial charge in [0.05, 0.1) is 7.11 Å². The highest BCUT2D eigenvalue weighted by Crippen LogP contribution is 2.37. The lowest BCUT2D eigenvalue weighted by Gasteiger charge is -2.15. The van der Waals surface area contributed by atoms with E-state index in [2.05, 4.69) is 24.1 Å². The quantitative estimate of drug-likeness (QED) is 0.868. The Bertz CT molecular complexity index is 457. The largest absolute Gasteiger partial charge is 0.496 e. The minimum atomic E-state index is -0.741. The second kappa shape index (κ2) is 5.29. The molecule has 0 spiro atoms.